The van der Waals surface area contributed by atoms with Gasteiger partial charge in [-0.1, -0.05) is 43.6 Å². The number of hydrogen-bond donors (Lipinski definition) is 1. The lowest BCUT2D eigenvalue weighted by Crippen LogP contribution is -2.22. The molecule has 1 N–H and O–H groups in total. The lowest BCUT2D eigenvalue weighted by Gasteiger charge is -2.16. The van der Waals surface area contributed by atoms with E-state index in [4.69, 9.17) is 0 Å². The summed E-state index contributed by atoms with van der Waals surface area (Å²) in [6.45, 7) is 11.8. The second kappa shape index (κ2) is 6.75. The quantitative estimate of drug-likeness (QED) is 0.856. The fraction of sp³-hybridized carbons (Fsp3) is 0.471. The van der Waals surface area contributed by atoms with Crippen molar-refractivity contribution in [1.29, 1.82) is 0 Å². The molecule has 2 aromatic rings. The highest BCUT2D eigenvalue weighted by molar-refractivity contribution is 9.10. The van der Waals surface area contributed by atoms with Gasteiger partial charge < -0.3 is 5.32 Å². The maximum atomic E-state index is 4.64. The van der Waals surface area contributed by atoms with Gasteiger partial charge in [0.05, 0.1) is 17.6 Å². The van der Waals surface area contributed by atoms with Gasteiger partial charge in [0.2, 0.25) is 0 Å². The van der Waals surface area contributed by atoms with Crippen molar-refractivity contribution in [2.24, 2.45) is 0 Å². The Labute approximate surface area is 135 Å². The van der Waals surface area contributed by atoms with Crippen molar-refractivity contribution < 1.29 is 0 Å². The summed E-state index contributed by atoms with van der Waals surface area (Å²) in [6.07, 6.45) is 1.99. The van der Waals surface area contributed by atoms with Gasteiger partial charge in [0.15, 0.2) is 0 Å². The van der Waals surface area contributed by atoms with Crippen LogP contribution in [0.5, 0.6) is 0 Å². The van der Waals surface area contributed by atoms with E-state index in [9.17, 15) is 0 Å². The number of hydrogen-bond acceptors (Lipinski definition) is 2. The molecule has 1 heterocycles. The van der Waals surface area contributed by atoms with Crippen LogP contribution in [0.3, 0.4) is 0 Å². The largest absolute Gasteiger partial charge is 0.310 e. The van der Waals surface area contributed by atoms with Crippen LogP contribution in [-0.2, 0) is 6.54 Å². The minimum atomic E-state index is 0.430. The van der Waals surface area contributed by atoms with Gasteiger partial charge >= 0.3 is 0 Å². The van der Waals surface area contributed by atoms with Crippen molar-refractivity contribution in [3.8, 4) is 5.69 Å². The highest BCUT2D eigenvalue weighted by Crippen LogP contribution is 2.26. The number of halogens is 1. The summed E-state index contributed by atoms with van der Waals surface area (Å²) >= 11 is 3.52. The first-order valence-electron chi connectivity index (χ1n) is 7.46. The van der Waals surface area contributed by atoms with E-state index in [2.05, 4.69) is 83.8 Å². The second-order valence-corrected chi connectivity index (χ2v) is 7.00. The highest BCUT2D eigenvalue weighted by atomic mass is 79.9. The van der Waals surface area contributed by atoms with Crippen molar-refractivity contribution in [2.45, 2.75) is 53.1 Å². The first-order chi connectivity index (χ1) is 9.90. The molecule has 0 aliphatic heterocycles. The number of nitrogens with one attached hydrogen (secondary N) is 1. The zero-order chi connectivity index (χ0) is 15.6. The molecular weight excluding hydrogens is 326 g/mol. The lowest BCUT2D eigenvalue weighted by molar-refractivity contribution is 0.582. The molecule has 114 valence electrons. The van der Waals surface area contributed by atoms with Crippen molar-refractivity contribution in [2.75, 3.05) is 0 Å². The van der Waals surface area contributed by atoms with Gasteiger partial charge in [-0.2, -0.15) is 5.10 Å². The summed E-state index contributed by atoms with van der Waals surface area (Å²) in [5.74, 6) is 0.430. The molecule has 0 amide bonds. The molecule has 21 heavy (non-hydrogen) atoms. The Kier molecular flexibility index (Phi) is 5.22. The van der Waals surface area contributed by atoms with Crippen LogP contribution in [0.1, 0.15) is 50.4 Å². The number of benzene rings is 1. The van der Waals surface area contributed by atoms with Gasteiger partial charge in [0, 0.05) is 22.6 Å². The van der Waals surface area contributed by atoms with E-state index >= 15 is 0 Å². The Balaban J connectivity index is 2.44. The highest BCUT2D eigenvalue weighted by Gasteiger charge is 2.16. The van der Waals surface area contributed by atoms with E-state index < -0.39 is 0 Å². The minimum absolute atomic E-state index is 0.430. The predicted molar refractivity (Wildman–Crippen MR) is 92.1 cm³/mol. The molecule has 0 spiro atoms. The average Bonchev–Trinajstić information content (AvgIpc) is 2.80. The molecule has 1 aromatic carbocycles. The molecule has 0 atom stereocenters. The molecule has 0 bridgehead atoms. The van der Waals surface area contributed by atoms with Gasteiger partial charge in [-0.3, -0.25) is 0 Å². The van der Waals surface area contributed by atoms with Crippen molar-refractivity contribution in [3.05, 3.63) is 45.7 Å². The van der Waals surface area contributed by atoms with Crippen LogP contribution >= 0.6 is 15.9 Å². The third kappa shape index (κ3) is 3.74. The molecule has 1 aromatic heterocycles. The lowest BCUT2D eigenvalue weighted by atomic mass is 10.0. The van der Waals surface area contributed by atoms with Crippen molar-refractivity contribution in [1.82, 2.24) is 15.1 Å². The molecular formula is C17H24BrN3. The minimum Gasteiger partial charge on any atom is -0.310 e. The second-order valence-electron chi connectivity index (χ2n) is 6.09. The number of nitrogens with zero attached hydrogens (tertiary/aromatic N) is 2. The Morgan fingerprint density at radius 3 is 2.52 bits per heavy atom. The molecule has 3 nitrogen and oxygen atoms in total. The monoisotopic (exact) mass is 349 g/mol. The fourth-order valence-corrected chi connectivity index (χ4v) is 2.98. The SMILES string of the molecule is Cc1cc(Br)ccc1-n1ncc(CNC(C)C)c1C(C)C. The molecule has 0 unspecified atom stereocenters. The summed E-state index contributed by atoms with van der Waals surface area (Å²) in [5, 5.41) is 8.12. The average molecular weight is 350 g/mol. The zero-order valence-corrected chi connectivity index (χ0v) is 15.0. The van der Waals surface area contributed by atoms with E-state index in [0.29, 0.717) is 12.0 Å². The van der Waals surface area contributed by atoms with Crippen LogP contribution in [0.4, 0.5) is 0 Å². The summed E-state index contributed by atoms with van der Waals surface area (Å²) < 4.78 is 3.19. The first kappa shape index (κ1) is 16.2. The van der Waals surface area contributed by atoms with E-state index in [1.807, 2.05) is 6.20 Å². The summed E-state index contributed by atoms with van der Waals surface area (Å²) in [7, 11) is 0. The van der Waals surface area contributed by atoms with Crippen LogP contribution in [0.25, 0.3) is 5.69 Å². The van der Waals surface area contributed by atoms with Crippen LogP contribution in [0.2, 0.25) is 0 Å². The molecule has 2 rings (SSSR count). The topological polar surface area (TPSA) is 29.9 Å². The Morgan fingerprint density at radius 1 is 1.24 bits per heavy atom. The third-order valence-corrected chi connectivity index (χ3v) is 4.01. The van der Waals surface area contributed by atoms with Gasteiger partial charge in [0.1, 0.15) is 0 Å². The number of rotatable bonds is 5. The molecule has 0 aliphatic rings. The maximum Gasteiger partial charge on any atom is 0.0678 e. The molecule has 0 fully saturated rings. The number of aromatic nitrogens is 2. The molecule has 0 radical (unpaired) electrons. The summed E-state index contributed by atoms with van der Waals surface area (Å²) in [4.78, 5) is 0. The molecule has 0 aliphatic carbocycles. The first-order valence-corrected chi connectivity index (χ1v) is 8.26. The van der Waals surface area contributed by atoms with Gasteiger partial charge in [-0.15, -0.1) is 0 Å². The standard InChI is InChI=1S/C17H24BrN3/c1-11(2)17-14(9-19-12(3)4)10-20-21(17)16-7-6-15(18)8-13(16)5/h6-8,10-12,19H,9H2,1-5H3. The van der Waals surface area contributed by atoms with Crippen LogP contribution in [0, 0.1) is 6.92 Å². The molecule has 0 saturated carbocycles. The molecule has 0 saturated heterocycles. The van der Waals surface area contributed by atoms with E-state index in [1.54, 1.807) is 0 Å². The van der Waals surface area contributed by atoms with Crippen LogP contribution in [0.15, 0.2) is 28.9 Å². The van der Waals surface area contributed by atoms with Crippen molar-refractivity contribution >= 4 is 15.9 Å². The Bertz CT molecular complexity index is 614. The smallest absolute Gasteiger partial charge is 0.0678 e. The van der Waals surface area contributed by atoms with E-state index in [-0.39, 0.29) is 0 Å². The van der Waals surface area contributed by atoms with E-state index in [0.717, 1.165) is 16.7 Å². The Hall–Kier alpha value is -1.13. The summed E-state index contributed by atoms with van der Waals surface area (Å²) in [5.41, 5.74) is 4.94. The van der Waals surface area contributed by atoms with Crippen molar-refractivity contribution in [3.63, 3.8) is 0 Å². The summed E-state index contributed by atoms with van der Waals surface area (Å²) in [6, 6.07) is 6.80. The molecule has 4 heteroatoms. The number of aryl methyl sites for hydroxylation is 1. The zero-order valence-electron chi connectivity index (χ0n) is 13.4. The van der Waals surface area contributed by atoms with Gasteiger partial charge in [0.25, 0.3) is 0 Å². The van der Waals surface area contributed by atoms with Crippen LogP contribution < -0.4 is 5.32 Å². The van der Waals surface area contributed by atoms with Gasteiger partial charge in [-0.25, -0.2) is 4.68 Å². The van der Waals surface area contributed by atoms with Gasteiger partial charge in [-0.05, 0) is 36.6 Å². The maximum absolute atomic E-state index is 4.64. The fourth-order valence-electron chi connectivity index (χ4n) is 2.51. The predicted octanol–water partition coefficient (Wildman–Crippen LogP) is 4.56. The van der Waals surface area contributed by atoms with Crippen LogP contribution in [-0.4, -0.2) is 15.8 Å². The third-order valence-electron chi connectivity index (χ3n) is 3.52. The Morgan fingerprint density at radius 2 is 1.95 bits per heavy atom. The van der Waals surface area contributed by atoms with E-state index in [1.165, 1.54) is 16.8 Å². The normalized spacial score (nSPS) is 11.6.